The van der Waals surface area contributed by atoms with E-state index in [0.717, 1.165) is 31.7 Å². The fraction of sp³-hybridized carbons (Fsp3) is 0.0833. The summed E-state index contributed by atoms with van der Waals surface area (Å²) in [5.41, 5.74) is 8.38. The molecule has 0 aliphatic heterocycles. The van der Waals surface area contributed by atoms with E-state index in [1.165, 1.54) is 11.3 Å². The highest BCUT2D eigenvalue weighted by atomic mass is 32.1. The Morgan fingerprint density at radius 3 is 2.53 bits per heavy atom. The maximum atomic E-state index is 12.1. The van der Waals surface area contributed by atoms with Gasteiger partial charge in [-0.25, -0.2) is 4.79 Å². The Morgan fingerprint density at radius 1 is 0.967 bits per heavy atom. The van der Waals surface area contributed by atoms with Gasteiger partial charge in [-0.1, -0.05) is 54.6 Å². The van der Waals surface area contributed by atoms with Crippen molar-refractivity contribution in [1.82, 2.24) is 0 Å². The number of nitrogens with two attached hydrogens (primary N) is 1. The number of nitrogen functional groups attached to an aromatic ring is 1. The topological polar surface area (TPSA) is 85.4 Å². The molecule has 0 fully saturated rings. The molecule has 6 heteroatoms. The highest BCUT2D eigenvalue weighted by Gasteiger charge is 2.11. The molecule has 0 saturated carbocycles. The molecule has 0 bridgehead atoms. The monoisotopic (exact) mass is 416 g/mol. The van der Waals surface area contributed by atoms with Crippen LogP contribution < -0.4 is 10.5 Å². The SMILES string of the molecule is N=C(N)c1cc2cc(-c3ccccc3OCC(=O)OCc3ccccc3)ccc2s1. The smallest absolute Gasteiger partial charge is 0.344 e. The normalized spacial score (nSPS) is 10.7. The highest BCUT2D eigenvalue weighted by Crippen LogP contribution is 2.34. The molecule has 0 aliphatic rings. The first-order valence-electron chi connectivity index (χ1n) is 9.40. The minimum Gasteiger partial charge on any atom is -0.481 e. The molecule has 5 nitrogen and oxygen atoms in total. The van der Waals surface area contributed by atoms with Gasteiger partial charge in [0.15, 0.2) is 6.61 Å². The Morgan fingerprint density at radius 2 is 1.73 bits per heavy atom. The summed E-state index contributed by atoms with van der Waals surface area (Å²) in [5, 5.41) is 8.64. The lowest BCUT2D eigenvalue weighted by molar-refractivity contribution is -0.147. The number of hydrogen-bond donors (Lipinski definition) is 2. The molecule has 0 aliphatic carbocycles. The first-order chi connectivity index (χ1) is 14.6. The van der Waals surface area contributed by atoms with Crippen molar-refractivity contribution in [3.63, 3.8) is 0 Å². The number of amidine groups is 1. The average molecular weight is 417 g/mol. The van der Waals surface area contributed by atoms with E-state index in [1.807, 2.05) is 78.9 Å². The number of rotatable bonds is 7. The lowest BCUT2D eigenvalue weighted by Crippen LogP contribution is -2.15. The van der Waals surface area contributed by atoms with Gasteiger partial charge in [-0.3, -0.25) is 5.41 Å². The maximum Gasteiger partial charge on any atom is 0.344 e. The number of fused-ring (bicyclic) bond motifs is 1. The summed E-state index contributed by atoms with van der Waals surface area (Å²) in [6.45, 7) is 0.0526. The Hall–Kier alpha value is -3.64. The van der Waals surface area contributed by atoms with Crippen molar-refractivity contribution < 1.29 is 14.3 Å². The van der Waals surface area contributed by atoms with E-state index >= 15 is 0 Å². The lowest BCUT2D eigenvalue weighted by atomic mass is 10.0. The molecule has 1 heterocycles. The molecule has 0 amide bonds. The van der Waals surface area contributed by atoms with Crippen molar-refractivity contribution >= 4 is 33.2 Å². The van der Waals surface area contributed by atoms with E-state index in [0.29, 0.717) is 5.75 Å². The second kappa shape index (κ2) is 8.80. The van der Waals surface area contributed by atoms with Gasteiger partial charge < -0.3 is 15.2 Å². The van der Waals surface area contributed by atoms with Crippen molar-refractivity contribution in [3.05, 3.63) is 89.3 Å². The Bertz CT molecular complexity index is 1200. The lowest BCUT2D eigenvalue weighted by Gasteiger charge is -2.12. The number of para-hydroxylation sites is 1. The van der Waals surface area contributed by atoms with E-state index in [-0.39, 0.29) is 19.0 Å². The van der Waals surface area contributed by atoms with Gasteiger partial charge in [0, 0.05) is 10.3 Å². The number of thiophene rings is 1. The van der Waals surface area contributed by atoms with Crippen LogP contribution in [0.25, 0.3) is 21.2 Å². The summed E-state index contributed by atoms with van der Waals surface area (Å²) in [6, 6.07) is 25.1. The average Bonchev–Trinajstić information content (AvgIpc) is 3.21. The molecule has 150 valence electrons. The quantitative estimate of drug-likeness (QED) is 0.253. The zero-order chi connectivity index (χ0) is 20.9. The second-order valence-electron chi connectivity index (χ2n) is 6.71. The molecular formula is C24H20N2O3S. The van der Waals surface area contributed by atoms with Crippen LogP contribution in [0, 0.1) is 5.41 Å². The molecule has 0 atom stereocenters. The molecule has 3 N–H and O–H groups in total. The van der Waals surface area contributed by atoms with Gasteiger partial charge in [-0.2, -0.15) is 0 Å². The fourth-order valence-electron chi connectivity index (χ4n) is 3.09. The van der Waals surface area contributed by atoms with Crippen molar-refractivity contribution in [3.8, 4) is 16.9 Å². The Balaban J connectivity index is 1.48. The van der Waals surface area contributed by atoms with Gasteiger partial charge in [-0.05, 0) is 40.8 Å². The van der Waals surface area contributed by atoms with E-state index < -0.39 is 5.97 Å². The zero-order valence-electron chi connectivity index (χ0n) is 16.1. The van der Waals surface area contributed by atoms with E-state index in [1.54, 1.807) is 0 Å². The molecule has 0 unspecified atom stereocenters. The molecule has 0 spiro atoms. The van der Waals surface area contributed by atoms with Gasteiger partial charge in [-0.15, -0.1) is 11.3 Å². The van der Waals surface area contributed by atoms with Crippen LogP contribution in [0.3, 0.4) is 0 Å². The zero-order valence-corrected chi connectivity index (χ0v) is 16.9. The van der Waals surface area contributed by atoms with Gasteiger partial charge in [0.2, 0.25) is 0 Å². The number of carbonyl (C=O) groups is 1. The van der Waals surface area contributed by atoms with E-state index in [2.05, 4.69) is 0 Å². The summed E-state index contributed by atoms with van der Waals surface area (Å²) >= 11 is 1.49. The van der Waals surface area contributed by atoms with Gasteiger partial charge in [0.1, 0.15) is 18.2 Å². The minimum absolute atomic E-state index is 0.0653. The number of benzene rings is 3. The van der Waals surface area contributed by atoms with Crippen LogP contribution in [0.2, 0.25) is 0 Å². The molecule has 3 aromatic carbocycles. The van der Waals surface area contributed by atoms with Crippen LogP contribution in [0.1, 0.15) is 10.4 Å². The van der Waals surface area contributed by atoms with E-state index in [9.17, 15) is 4.79 Å². The van der Waals surface area contributed by atoms with Crippen LogP contribution in [0.15, 0.2) is 78.9 Å². The van der Waals surface area contributed by atoms with E-state index in [4.69, 9.17) is 20.6 Å². The van der Waals surface area contributed by atoms with Crippen molar-refractivity contribution in [2.24, 2.45) is 5.73 Å². The predicted octanol–water partition coefficient (Wildman–Crippen LogP) is 4.97. The number of nitrogens with one attached hydrogen (secondary N) is 1. The summed E-state index contributed by atoms with van der Waals surface area (Å²) < 4.78 is 12.1. The largest absolute Gasteiger partial charge is 0.481 e. The summed E-state index contributed by atoms with van der Waals surface area (Å²) in [6.07, 6.45) is 0. The molecule has 1 aromatic heterocycles. The van der Waals surface area contributed by atoms with Crippen LogP contribution in [-0.4, -0.2) is 18.4 Å². The predicted molar refractivity (Wildman–Crippen MR) is 120 cm³/mol. The van der Waals surface area contributed by atoms with Gasteiger partial charge in [0.05, 0.1) is 4.88 Å². The molecule has 0 radical (unpaired) electrons. The molecule has 4 aromatic rings. The molecule has 4 rings (SSSR count). The first kappa shape index (κ1) is 19.7. The number of ether oxygens (including phenoxy) is 2. The van der Waals surface area contributed by atoms with Crippen molar-refractivity contribution in [2.45, 2.75) is 6.61 Å². The first-order valence-corrected chi connectivity index (χ1v) is 10.2. The minimum atomic E-state index is -0.423. The van der Waals surface area contributed by atoms with Crippen LogP contribution >= 0.6 is 11.3 Å². The van der Waals surface area contributed by atoms with Gasteiger partial charge in [0.25, 0.3) is 0 Å². The number of esters is 1. The Labute approximate surface area is 178 Å². The standard InChI is InChI=1S/C24H20N2O3S/c25-24(26)22-13-18-12-17(10-11-21(18)30-22)19-8-4-5-9-20(19)28-15-23(27)29-14-16-6-2-1-3-7-16/h1-13H,14-15H2,(H3,25,26). The maximum absolute atomic E-state index is 12.1. The third-order valence-electron chi connectivity index (χ3n) is 4.57. The fourth-order valence-corrected chi connectivity index (χ4v) is 4.00. The Kier molecular flexibility index (Phi) is 5.77. The molecule has 30 heavy (non-hydrogen) atoms. The third-order valence-corrected chi connectivity index (χ3v) is 5.72. The molecular weight excluding hydrogens is 396 g/mol. The number of carbonyl (C=O) groups excluding carboxylic acids is 1. The summed E-state index contributed by atoms with van der Waals surface area (Å²) in [4.78, 5) is 12.8. The summed E-state index contributed by atoms with van der Waals surface area (Å²) in [5.74, 6) is 0.249. The van der Waals surface area contributed by atoms with Crippen LogP contribution in [0.4, 0.5) is 0 Å². The van der Waals surface area contributed by atoms with Crippen LogP contribution in [0.5, 0.6) is 5.75 Å². The third kappa shape index (κ3) is 4.50. The van der Waals surface area contributed by atoms with Gasteiger partial charge >= 0.3 is 5.97 Å². The van der Waals surface area contributed by atoms with Crippen molar-refractivity contribution in [1.29, 1.82) is 5.41 Å². The molecule has 0 saturated heterocycles. The second-order valence-corrected chi connectivity index (χ2v) is 7.79. The highest BCUT2D eigenvalue weighted by molar-refractivity contribution is 7.20. The summed E-state index contributed by atoms with van der Waals surface area (Å²) in [7, 11) is 0. The number of hydrogen-bond acceptors (Lipinski definition) is 5. The van der Waals surface area contributed by atoms with Crippen molar-refractivity contribution in [2.75, 3.05) is 6.61 Å². The van der Waals surface area contributed by atoms with Crippen LogP contribution in [-0.2, 0) is 16.1 Å².